The van der Waals surface area contributed by atoms with Gasteiger partial charge in [0.15, 0.2) is 0 Å². The number of aromatic nitrogens is 2. The van der Waals surface area contributed by atoms with Gasteiger partial charge < -0.3 is 9.84 Å². The molecule has 7 heteroatoms. The summed E-state index contributed by atoms with van der Waals surface area (Å²) < 4.78 is 6.27. The molecule has 2 rings (SSSR count). The lowest BCUT2D eigenvalue weighted by Gasteiger charge is -1.99. The van der Waals surface area contributed by atoms with Crippen LogP contribution in [0.15, 0.2) is 23.5 Å². The van der Waals surface area contributed by atoms with E-state index in [1.807, 2.05) is 0 Å². The molecule has 0 saturated heterocycles. The van der Waals surface area contributed by atoms with Gasteiger partial charge in [-0.1, -0.05) is 6.07 Å². The average Bonchev–Trinajstić information content (AvgIpc) is 2.74. The Balaban J connectivity index is 2.44. The molecule has 7 nitrogen and oxygen atoms in total. The van der Waals surface area contributed by atoms with Gasteiger partial charge in [-0.15, -0.1) is 4.91 Å². The molecule has 0 saturated carbocycles. The number of pyridine rings is 1. The van der Waals surface area contributed by atoms with Gasteiger partial charge in [-0.3, -0.25) is 9.20 Å². The van der Waals surface area contributed by atoms with Crippen molar-refractivity contribution in [3.8, 4) is 0 Å². The monoisotopic (exact) mass is 263 g/mol. The first-order valence-electron chi connectivity index (χ1n) is 5.79. The van der Waals surface area contributed by atoms with E-state index in [1.165, 1.54) is 4.40 Å². The highest BCUT2D eigenvalue weighted by atomic mass is 16.5. The minimum Gasteiger partial charge on any atom is -0.466 e. The number of ether oxygens (including phenoxy) is 1. The van der Waals surface area contributed by atoms with Crippen LogP contribution in [0.5, 0.6) is 0 Å². The zero-order valence-electron chi connectivity index (χ0n) is 10.4. The number of hydrogen-bond donors (Lipinski definition) is 1. The van der Waals surface area contributed by atoms with E-state index >= 15 is 0 Å². The van der Waals surface area contributed by atoms with Crippen LogP contribution in [0.4, 0.5) is 5.82 Å². The molecule has 2 aromatic rings. The summed E-state index contributed by atoms with van der Waals surface area (Å²) in [5.41, 5.74) is 1.38. The largest absolute Gasteiger partial charge is 0.466 e. The number of hydrogen-bond acceptors (Lipinski definition) is 6. The summed E-state index contributed by atoms with van der Waals surface area (Å²) in [4.78, 5) is 26.5. The molecular formula is C12H13N3O4. The molecule has 2 heterocycles. The number of nitroso groups, excluding NO2 is 1. The van der Waals surface area contributed by atoms with Crippen molar-refractivity contribution >= 4 is 17.4 Å². The molecule has 19 heavy (non-hydrogen) atoms. The molecular weight excluding hydrogens is 250 g/mol. The topological polar surface area (TPSA) is 93.3 Å². The van der Waals surface area contributed by atoms with Crippen LogP contribution >= 0.6 is 0 Å². The summed E-state index contributed by atoms with van der Waals surface area (Å²) in [6.07, 6.45) is 1.46. The SMILES string of the molecule is CCOC(=O)Cc1nc2ccc(CO)cn2c1N=O. The van der Waals surface area contributed by atoms with Gasteiger partial charge in [0.1, 0.15) is 11.3 Å². The van der Waals surface area contributed by atoms with E-state index in [9.17, 15) is 9.70 Å². The fraction of sp³-hybridized carbons (Fsp3) is 0.333. The number of aliphatic hydroxyl groups is 1. The van der Waals surface area contributed by atoms with E-state index in [2.05, 4.69) is 10.2 Å². The number of imidazole rings is 1. The molecule has 0 radical (unpaired) electrons. The van der Waals surface area contributed by atoms with Gasteiger partial charge in [0, 0.05) is 6.20 Å². The van der Waals surface area contributed by atoms with Crippen molar-refractivity contribution in [2.45, 2.75) is 20.0 Å². The zero-order valence-corrected chi connectivity index (χ0v) is 10.4. The van der Waals surface area contributed by atoms with Crippen molar-refractivity contribution in [1.82, 2.24) is 9.38 Å². The second kappa shape index (κ2) is 5.57. The molecule has 0 aliphatic rings. The van der Waals surface area contributed by atoms with Crippen LogP contribution in [-0.4, -0.2) is 27.1 Å². The molecule has 100 valence electrons. The number of rotatable bonds is 5. The maximum atomic E-state index is 11.4. The highest BCUT2D eigenvalue weighted by Gasteiger charge is 2.17. The molecule has 0 fully saturated rings. The average molecular weight is 263 g/mol. The molecule has 0 bridgehead atoms. The third kappa shape index (κ3) is 2.60. The molecule has 0 atom stereocenters. The first-order chi connectivity index (χ1) is 9.19. The van der Waals surface area contributed by atoms with E-state index in [4.69, 9.17) is 9.84 Å². The van der Waals surface area contributed by atoms with E-state index < -0.39 is 5.97 Å². The first kappa shape index (κ1) is 13.2. The minimum atomic E-state index is -0.460. The Kier molecular flexibility index (Phi) is 3.86. The molecule has 2 aromatic heterocycles. The highest BCUT2D eigenvalue weighted by Crippen LogP contribution is 2.22. The molecule has 0 aliphatic heterocycles. The standard InChI is InChI=1S/C12H13N3O4/c1-2-19-11(17)5-9-12(14-18)15-6-8(7-16)3-4-10(15)13-9/h3-4,6,16H,2,5,7H2,1H3. The second-order valence-corrected chi connectivity index (χ2v) is 3.88. The van der Waals surface area contributed by atoms with Crippen molar-refractivity contribution < 1.29 is 14.6 Å². The molecule has 0 spiro atoms. The van der Waals surface area contributed by atoms with Crippen LogP contribution in [0.3, 0.4) is 0 Å². The number of nitrogens with zero attached hydrogens (tertiary/aromatic N) is 3. The molecule has 0 aliphatic carbocycles. The zero-order chi connectivity index (χ0) is 13.8. The summed E-state index contributed by atoms with van der Waals surface area (Å²) in [5, 5.41) is 12.0. The third-order valence-corrected chi connectivity index (χ3v) is 2.61. The summed E-state index contributed by atoms with van der Waals surface area (Å²) >= 11 is 0. The first-order valence-corrected chi connectivity index (χ1v) is 5.79. The Morgan fingerprint density at radius 2 is 2.32 bits per heavy atom. The normalized spacial score (nSPS) is 10.6. The lowest BCUT2D eigenvalue weighted by atomic mass is 10.3. The quantitative estimate of drug-likeness (QED) is 0.648. The van der Waals surface area contributed by atoms with Gasteiger partial charge >= 0.3 is 5.97 Å². The van der Waals surface area contributed by atoms with Gasteiger partial charge in [0.2, 0.25) is 5.82 Å². The van der Waals surface area contributed by atoms with Crippen LogP contribution in [-0.2, 0) is 22.6 Å². The molecule has 0 unspecified atom stereocenters. The predicted molar refractivity (Wildman–Crippen MR) is 66.9 cm³/mol. The Labute approximate surface area is 108 Å². The smallest absolute Gasteiger partial charge is 0.312 e. The number of fused-ring (bicyclic) bond motifs is 1. The Hall–Kier alpha value is -2.28. The fourth-order valence-electron chi connectivity index (χ4n) is 1.78. The molecule has 0 aromatic carbocycles. The third-order valence-electron chi connectivity index (χ3n) is 2.61. The number of esters is 1. The summed E-state index contributed by atoms with van der Waals surface area (Å²) in [7, 11) is 0. The summed E-state index contributed by atoms with van der Waals surface area (Å²) in [5.74, 6) is -0.406. The predicted octanol–water partition coefficient (Wildman–Crippen LogP) is 1.33. The van der Waals surface area contributed by atoms with E-state index in [0.29, 0.717) is 11.2 Å². The maximum absolute atomic E-state index is 11.4. The Morgan fingerprint density at radius 1 is 1.53 bits per heavy atom. The van der Waals surface area contributed by atoms with Crippen LogP contribution in [0.25, 0.3) is 5.65 Å². The van der Waals surface area contributed by atoms with E-state index in [0.717, 1.165) is 0 Å². The van der Waals surface area contributed by atoms with Crippen molar-refractivity contribution in [2.75, 3.05) is 6.61 Å². The summed E-state index contributed by atoms with van der Waals surface area (Å²) in [6, 6.07) is 3.33. The second-order valence-electron chi connectivity index (χ2n) is 3.88. The van der Waals surface area contributed by atoms with E-state index in [-0.39, 0.29) is 31.1 Å². The Bertz CT molecular complexity index is 621. The number of carbonyl (C=O) groups excluding carboxylic acids is 1. The van der Waals surface area contributed by atoms with Gasteiger partial charge in [-0.25, -0.2) is 4.98 Å². The van der Waals surface area contributed by atoms with Gasteiger partial charge in [0.05, 0.1) is 19.6 Å². The fourth-order valence-corrected chi connectivity index (χ4v) is 1.78. The van der Waals surface area contributed by atoms with Gasteiger partial charge in [0.25, 0.3) is 0 Å². The van der Waals surface area contributed by atoms with Crippen molar-refractivity contribution in [1.29, 1.82) is 0 Å². The van der Waals surface area contributed by atoms with Gasteiger partial charge in [-0.2, -0.15) is 0 Å². The van der Waals surface area contributed by atoms with Crippen LogP contribution in [0.2, 0.25) is 0 Å². The van der Waals surface area contributed by atoms with Gasteiger partial charge in [-0.05, 0) is 23.7 Å². The van der Waals surface area contributed by atoms with Crippen molar-refractivity contribution in [3.63, 3.8) is 0 Å². The lowest BCUT2D eigenvalue weighted by Crippen LogP contribution is -2.07. The molecule has 1 N–H and O–H groups in total. The Morgan fingerprint density at radius 3 is 2.95 bits per heavy atom. The van der Waals surface area contributed by atoms with Crippen LogP contribution in [0.1, 0.15) is 18.2 Å². The van der Waals surface area contributed by atoms with Crippen molar-refractivity contribution in [2.24, 2.45) is 5.18 Å². The van der Waals surface area contributed by atoms with Crippen LogP contribution < -0.4 is 0 Å². The maximum Gasteiger partial charge on any atom is 0.312 e. The van der Waals surface area contributed by atoms with Crippen molar-refractivity contribution in [3.05, 3.63) is 34.5 Å². The minimum absolute atomic E-state index is 0.0540. The van der Waals surface area contributed by atoms with E-state index in [1.54, 1.807) is 25.3 Å². The molecule has 0 amide bonds. The summed E-state index contributed by atoms with van der Waals surface area (Å²) in [6.45, 7) is 1.82. The highest BCUT2D eigenvalue weighted by molar-refractivity contribution is 5.74. The van der Waals surface area contributed by atoms with Crippen LogP contribution in [0, 0.1) is 4.91 Å². The number of aliphatic hydroxyl groups excluding tert-OH is 1. The lowest BCUT2D eigenvalue weighted by molar-refractivity contribution is -0.142. The number of carbonyl (C=O) groups is 1.